The lowest BCUT2D eigenvalue weighted by Crippen LogP contribution is -2.09. The highest BCUT2D eigenvalue weighted by atomic mass is 16.5. The van der Waals surface area contributed by atoms with Gasteiger partial charge in [0.25, 0.3) is 0 Å². The number of aryl methyl sites for hydroxylation is 2. The minimum atomic E-state index is -0.360. The van der Waals surface area contributed by atoms with Crippen molar-refractivity contribution in [1.82, 2.24) is 9.55 Å². The molecule has 0 aliphatic heterocycles. The Morgan fingerprint density at radius 1 is 0.929 bits per heavy atom. The lowest BCUT2D eigenvalue weighted by atomic mass is 10.0. The van der Waals surface area contributed by atoms with Gasteiger partial charge in [0, 0.05) is 5.56 Å². The van der Waals surface area contributed by atoms with Gasteiger partial charge in [-0.2, -0.15) is 0 Å². The van der Waals surface area contributed by atoms with Crippen LogP contribution in [0.25, 0.3) is 22.4 Å². The summed E-state index contributed by atoms with van der Waals surface area (Å²) in [4.78, 5) is 17.2. The summed E-state index contributed by atoms with van der Waals surface area (Å²) in [7, 11) is 1.40. The van der Waals surface area contributed by atoms with Crippen LogP contribution < -0.4 is 0 Å². The predicted molar refractivity (Wildman–Crippen MR) is 112 cm³/mol. The van der Waals surface area contributed by atoms with E-state index in [0.29, 0.717) is 12.1 Å². The van der Waals surface area contributed by atoms with E-state index < -0.39 is 0 Å². The molecule has 0 bridgehead atoms. The Hall–Kier alpha value is -3.40. The predicted octanol–water partition coefficient (Wildman–Crippen LogP) is 5.16. The van der Waals surface area contributed by atoms with Gasteiger partial charge in [-0.05, 0) is 48.7 Å². The first-order valence-corrected chi connectivity index (χ1v) is 9.28. The third-order valence-corrected chi connectivity index (χ3v) is 5.19. The molecule has 0 radical (unpaired) electrons. The summed E-state index contributed by atoms with van der Waals surface area (Å²) in [5, 5.41) is 0. The highest BCUT2D eigenvalue weighted by Gasteiger charge is 2.20. The van der Waals surface area contributed by atoms with Crippen LogP contribution in [0.5, 0.6) is 0 Å². The van der Waals surface area contributed by atoms with E-state index in [9.17, 15) is 4.79 Å². The molecule has 0 N–H and O–H groups in total. The van der Waals surface area contributed by atoms with E-state index in [4.69, 9.17) is 9.72 Å². The number of methoxy groups -OCH3 is 1. The molecule has 0 spiro atoms. The molecule has 0 unspecified atom stereocenters. The molecule has 3 aromatic carbocycles. The van der Waals surface area contributed by atoms with Crippen LogP contribution in [-0.2, 0) is 11.3 Å². The maximum atomic E-state index is 12.3. The quantitative estimate of drug-likeness (QED) is 0.466. The van der Waals surface area contributed by atoms with Crippen LogP contribution in [0.2, 0.25) is 0 Å². The minimum Gasteiger partial charge on any atom is -0.465 e. The van der Waals surface area contributed by atoms with Crippen molar-refractivity contribution in [2.45, 2.75) is 20.4 Å². The number of nitrogens with zero attached hydrogens (tertiary/aromatic N) is 2. The number of fused-ring (bicyclic) bond motifs is 1. The summed E-state index contributed by atoms with van der Waals surface area (Å²) in [5.74, 6) is 0.408. The zero-order chi connectivity index (χ0) is 19.7. The average Bonchev–Trinajstić information content (AvgIpc) is 3.08. The Labute approximate surface area is 164 Å². The van der Waals surface area contributed by atoms with Crippen molar-refractivity contribution >= 4 is 17.0 Å². The molecule has 0 atom stereocenters. The number of esters is 1. The van der Waals surface area contributed by atoms with E-state index >= 15 is 0 Å². The van der Waals surface area contributed by atoms with Crippen LogP contribution in [0.15, 0.2) is 66.7 Å². The number of para-hydroxylation sites is 2. The topological polar surface area (TPSA) is 44.1 Å². The third-order valence-electron chi connectivity index (χ3n) is 5.19. The molecule has 140 valence electrons. The van der Waals surface area contributed by atoms with E-state index in [1.54, 1.807) is 6.07 Å². The van der Waals surface area contributed by atoms with Gasteiger partial charge in [-0.1, -0.05) is 48.5 Å². The molecule has 4 heteroatoms. The number of benzene rings is 3. The van der Waals surface area contributed by atoms with E-state index in [-0.39, 0.29) is 5.97 Å². The SMILES string of the molecule is COC(=O)c1ccccc1-c1nc2ccccc2n1Cc1c(C)cccc1C. The Bertz CT molecular complexity index is 1150. The highest BCUT2D eigenvalue weighted by Crippen LogP contribution is 2.29. The molecule has 0 aliphatic carbocycles. The largest absolute Gasteiger partial charge is 0.465 e. The fourth-order valence-electron chi connectivity index (χ4n) is 3.66. The van der Waals surface area contributed by atoms with E-state index in [1.165, 1.54) is 23.8 Å². The molecule has 0 saturated carbocycles. The van der Waals surface area contributed by atoms with Crippen molar-refractivity contribution in [2.24, 2.45) is 0 Å². The van der Waals surface area contributed by atoms with Gasteiger partial charge < -0.3 is 9.30 Å². The summed E-state index contributed by atoms with van der Waals surface area (Å²) < 4.78 is 7.18. The van der Waals surface area contributed by atoms with Gasteiger partial charge in [0.2, 0.25) is 0 Å². The molecule has 0 aliphatic rings. The molecule has 28 heavy (non-hydrogen) atoms. The molecule has 4 aromatic rings. The van der Waals surface area contributed by atoms with Gasteiger partial charge in [-0.3, -0.25) is 0 Å². The maximum Gasteiger partial charge on any atom is 0.338 e. The molecule has 4 nitrogen and oxygen atoms in total. The zero-order valence-electron chi connectivity index (χ0n) is 16.3. The average molecular weight is 370 g/mol. The Kier molecular flexibility index (Phi) is 4.70. The number of hydrogen-bond donors (Lipinski definition) is 0. The molecule has 0 amide bonds. The fraction of sp³-hybridized carbons (Fsp3) is 0.167. The Morgan fingerprint density at radius 2 is 1.61 bits per heavy atom. The molecule has 4 rings (SSSR count). The first-order valence-electron chi connectivity index (χ1n) is 9.28. The fourth-order valence-corrected chi connectivity index (χ4v) is 3.66. The van der Waals surface area contributed by atoms with Gasteiger partial charge in [0.15, 0.2) is 0 Å². The second-order valence-corrected chi connectivity index (χ2v) is 6.92. The van der Waals surface area contributed by atoms with Crippen LogP contribution in [0, 0.1) is 13.8 Å². The molecule has 0 fully saturated rings. The minimum absolute atomic E-state index is 0.360. The molecular formula is C24H22N2O2. The third kappa shape index (κ3) is 3.07. The van der Waals surface area contributed by atoms with Crippen LogP contribution in [0.4, 0.5) is 0 Å². The standard InChI is InChI=1S/C24H22N2O2/c1-16-9-8-10-17(2)20(16)15-26-22-14-7-6-13-21(22)25-23(26)18-11-4-5-12-19(18)24(27)28-3/h4-14H,15H2,1-3H3. The van der Waals surface area contributed by atoms with Crippen LogP contribution in [0.3, 0.4) is 0 Å². The zero-order valence-corrected chi connectivity index (χ0v) is 16.3. The summed E-state index contributed by atoms with van der Waals surface area (Å²) >= 11 is 0. The van der Waals surface area contributed by atoms with E-state index in [0.717, 1.165) is 22.4 Å². The number of imidazole rings is 1. The lowest BCUT2D eigenvalue weighted by molar-refractivity contribution is 0.0601. The van der Waals surface area contributed by atoms with Crippen molar-refractivity contribution in [3.63, 3.8) is 0 Å². The summed E-state index contributed by atoms with van der Waals surface area (Å²) in [6.07, 6.45) is 0. The van der Waals surface area contributed by atoms with Gasteiger partial charge in [-0.15, -0.1) is 0 Å². The molecule has 1 aromatic heterocycles. The molecule has 0 saturated heterocycles. The van der Waals surface area contributed by atoms with Crippen LogP contribution >= 0.6 is 0 Å². The first-order chi connectivity index (χ1) is 13.6. The number of carbonyl (C=O) groups excluding carboxylic acids is 1. The Morgan fingerprint density at radius 3 is 2.36 bits per heavy atom. The van der Waals surface area contributed by atoms with Crippen LogP contribution in [-0.4, -0.2) is 22.6 Å². The molecular weight excluding hydrogens is 348 g/mol. The Balaban J connectivity index is 1.96. The van der Waals surface area contributed by atoms with Gasteiger partial charge in [0.05, 0.1) is 30.3 Å². The van der Waals surface area contributed by atoms with E-state index in [1.807, 2.05) is 36.4 Å². The second kappa shape index (κ2) is 7.31. The van der Waals surface area contributed by atoms with E-state index in [2.05, 4.69) is 42.7 Å². The first kappa shape index (κ1) is 18.0. The number of ether oxygens (including phenoxy) is 1. The maximum absolute atomic E-state index is 12.3. The van der Waals surface area contributed by atoms with Gasteiger partial charge >= 0.3 is 5.97 Å². The van der Waals surface area contributed by atoms with Crippen molar-refractivity contribution in [1.29, 1.82) is 0 Å². The highest BCUT2D eigenvalue weighted by molar-refractivity contribution is 5.97. The van der Waals surface area contributed by atoms with Gasteiger partial charge in [0.1, 0.15) is 5.82 Å². The summed E-state index contributed by atoms with van der Waals surface area (Å²) in [6, 6.07) is 21.9. The number of carbonyl (C=O) groups is 1. The van der Waals surface area contributed by atoms with Gasteiger partial charge in [-0.25, -0.2) is 9.78 Å². The monoisotopic (exact) mass is 370 g/mol. The second-order valence-electron chi connectivity index (χ2n) is 6.92. The smallest absolute Gasteiger partial charge is 0.338 e. The van der Waals surface area contributed by atoms with Crippen molar-refractivity contribution in [2.75, 3.05) is 7.11 Å². The number of rotatable bonds is 4. The van der Waals surface area contributed by atoms with Crippen molar-refractivity contribution in [3.8, 4) is 11.4 Å². The number of hydrogen-bond acceptors (Lipinski definition) is 3. The lowest BCUT2D eigenvalue weighted by Gasteiger charge is -2.15. The van der Waals surface area contributed by atoms with Crippen molar-refractivity contribution < 1.29 is 9.53 Å². The van der Waals surface area contributed by atoms with Crippen LogP contribution in [0.1, 0.15) is 27.0 Å². The number of aromatic nitrogens is 2. The molecule has 1 heterocycles. The normalized spacial score (nSPS) is 11.0. The summed E-state index contributed by atoms with van der Waals surface area (Å²) in [6.45, 7) is 4.94. The van der Waals surface area contributed by atoms with Crippen molar-refractivity contribution in [3.05, 3.63) is 89.0 Å². The summed E-state index contributed by atoms with van der Waals surface area (Å²) in [5.41, 5.74) is 6.99.